The second-order valence-corrected chi connectivity index (χ2v) is 7.16. The molecule has 2 heteroatoms. The van der Waals surface area contributed by atoms with Crippen molar-refractivity contribution >= 4 is 5.57 Å². The summed E-state index contributed by atoms with van der Waals surface area (Å²) in [6.45, 7) is 13.8. The highest BCUT2D eigenvalue weighted by Crippen LogP contribution is 2.37. The third kappa shape index (κ3) is 5.71. The van der Waals surface area contributed by atoms with Gasteiger partial charge in [0.15, 0.2) is 0 Å². The maximum absolute atomic E-state index is 9.05. The van der Waals surface area contributed by atoms with Gasteiger partial charge in [-0.2, -0.15) is 5.26 Å². The van der Waals surface area contributed by atoms with Crippen LogP contribution < -0.4 is 4.74 Å². The van der Waals surface area contributed by atoms with Crippen LogP contribution >= 0.6 is 0 Å². The van der Waals surface area contributed by atoms with Crippen LogP contribution in [0.1, 0.15) is 95.8 Å². The fraction of sp³-hybridized carbons (Fsp3) is 0.591. The van der Waals surface area contributed by atoms with E-state index in [0.29, 0.717) is 11.8 Å². The highest BCUT2D eigenvalue weighted by Gasteiger charge is 2.17. The minimum absolute atomic E-state index is 0.392. The summed E-state index contributed by atoms with van der Waals surface area (Å²) < 4.78 is 6.23. The van der Waals surface area contributed by atoms with Crippen molar-refractivity contribution in [3.8, 4) is 11.8 Å². The quantitative estimate of drug-likeness (QED) is 0.368. The van der Waals surface area contributed by atoms with Gasteiger partial charge < -0.3 is 4.74 Å². The number of nitriles is 1. The minimum atomic E-state index is 0.392. The van der Waals surface area contributed by atoms with Crippen LogP contribution in [0.15, 0.2) is 18.2 Å². The Morgan fingerprint density at radius 3 is 2.38 bits per heavy atom. The van der Waals surface area contributed by atoms with Gasteiger partial charge in [-0.05, 0) is 47.9 Å². The smallest absolute Gasteiger partial charge is 0.130 e. The molecule has 0 fully saturated rings. The van der Waals surface area contributed by atoms with E-state index in [9.17, 15) is 0 Å². The first-order valence-electron chi connectivity index (χ1n) is 9.29. The molecule has 0 atom stereocenters. The number of benzene rings is 1. The Morgan fingerprint density at radius 1 is 1.12 bits per heavy atom. The van der Waals surface area contributed by atoms with Gasteiger partial charge in [0, 0.05) is 11.6 Å². The number of allylic oxidation sites excluding steroid dienone is 2. The lowest BCUT2D eigenvalue weighted by Crippen LogP contribution is -2.06. The van der Waals surface area contributed by atoms with Crippen molar-refractivity contribution in [3.05, 3.63) is 34.9 Å². The molecule has 1 aromatic rings. The van der Waals surface area contributed by atoms with E-state index >= 15 is 0 Å². The second-order valence-electron chi connectivity index (χ2n) is 7.16. The Balaban J connectivity index is 3.24. The average Bonchev–Trinajstić information content (AvgIpc) is 2.54. The molecular weight excluding hydrogens is 294 g/mol. The molecule has 24 heavy (non-hydrogen) atoms. The van der Waals surface area contributed by atoms with Gasteiger partial charge in [0.1, 0.15) is 5.75 Å². The first-order chi connectivity index (χ1) is 11.4. The van der Waals surface area contributed by atoms with Crippen molar-refractivity contribution in [2.75, 3.05) is 6.61 Å². The van der Waals surface area contributed by atoms with Crippen LogP contribution in [0, 0.1) is 11.3 Å². The maximum Gasteiger partial charge on any atom is 0.130 e. The van der Waals surface area contributed by atoms with E-state index in [2.05, 4.69) is 52.8 Å². The average molecular weight is 328 g/mol. The molecule has 0 saturated carbocycles. The Labute approximate surface area is 148 Å². The highest BCUT2D eigenvalue weighted by atomic mass is 16.5. The van der Waals surface area contributed by atoms with Crippen molar-refractivity contribution in [3.63, 3.8) is 0 Å². The molecule has 0 N–H and O–H groups in total. The van der Waals surface area contributed by atoms with E-state index in [1.807, 2.05) is 6.92 Å². The summed E-state index contributed by atoms with van der Waals surface area (Å²) in [5.74, 6) is 1.81. The van der Waals surface area contributed by atoms with Crippen LogP contribution in [0.3, 0.4) is 0 Å². The first kappa shape index (κ1) is 20.3. The molecular formula is C22H33NO. The number of ether oxygens (including phenoxy) is 1. The summed E-state index contributed by atoms with van der Waals surface area (Å²) in [6, 6.07) is 6.63. The van der Waals surface area contributed by atoms with Gasteiger partial charge in [-0.1, -0.05) is 59.9 Å². The Hall–Kier alpha value is -1.75. The van der Waals surface area contributed by atoms with Crippen molar-refractivity contribution in [2.45, 2.75) is 79.1 Å². The van der Waals surface area contributed by atoms with Gasteiger partial charge in [0.05, 0.1) is 12.7 Å². The predicted octanol–water partition coefficient (Wildman–Crippen LogP) is 6.82. The van der Waals surface area contributed by atoms with E-state index in [1.54, 1.807) is 6.08 Å². The molecule has 0 bridgehead atoms. The molecule has 0 aromatic heterocycles. The third-order valence-corrected chi connectivity index (χ3v) is 4.38. The zero-order valence-electron chi connectivity index (χ0n) is 16.3. The van der Waals surface area contributed by atoms with E-state index < -0.39 is 0 Å². The largest absolute Gasteiger partial charge is 0.493 e. The molecule has 0 aliphatic heterocycles. The van der Waals surface area contributed by atoms with Crippen LogP contribution in [-0.2, 0) is 0 Å². The number of hydrogen-bond donors (Lipinski definition) is 0. The second kappa shape index (κ2) is 10.2. The minimum Gasteiger partial charge on any atom is -0.493 e. The van der Waals surface area contributed by atoms with Crippen LogP contribution in [0.5, 0.6) is 5.75 Å². The van der Waals surface area contributed by atoms with E-state index in [-0.39, 0.29) is 0 Å². The van der Waals surface area contributed by atoms with E-state index in [0.717, 1.165) is 29.9 Å². The maximum atomic E-state index is 9.05. The van der Waals surface area contributed by atoms with E-state index in [1.165, 1.54) is 30.4 Å². The Morgan fingerprint density at radius 2 is 1.83 bits per heavy atom. The molecule has 1 rings (SSSR count). The van der Waals surface area contributed by atoms with Gasteiger partial charge in [-0.25, -0.2) is 0 Å². The molecule has 0 saturated heterocycles. The normalized spacial score (nSPS) is 11.9. The Kier molecular flexibility index (Phi) is 8.61. The summed E-state index contributed by atoms with van der Waals surface area (Å²) >= 11 is 0. The van der Waals surface area contributed by atoms with Crippen LogP contribution in [0.4, 0.5) is 0 Å². The third-order valence-electron chi connectivity index (χ3n) is 4.38. The molecule has 0 heterocycles. The molecule has 0 spiro atoms. The lowest BCUT2D eigenvalue weighted by molar-refractivity contribution is 0.300. The van der Waals surface area contributed by atoms with Crippen molar-refractivity contribution < 1.29 is 4.74 Å². The van der Waals surface area contributed by atoms with Gasteiger partial charge in [-0.3, -0.25) is 0 Å². The number of unbranched alkanes of at least 4 members (excludes halogenated alkanes) is 3. The lowest BCUT2D eigenvalue weighted by atomic mass is 9.89. The van der Waals surface area contributed by atoms with Crippen molar-refractivity contribution in [1.29, 1.82) is 5.26 Å². The Bertz CT molecular complexity index is 591. The van der Waals surface area contributed by atoms with Crippen LogP contribution in [0.2, 0.25) is 0 Å². The summed E-state index contributed by atoms with van der Waals surface area (Å²) in [4.78, 5) is 0. The topological polar surface area (TPSA) is 33.0 Å². The molecule has 0 unspecified atom stereocenters. The number of rotatable bonds is 9. The first-order valence-corrected chi connectivity index (χ1v) is 9.29. The zero-order valence-corrected chi connectivity index (χ0v) is 16.3. The molecule has 0 aliphatic carbocycles. The summed E-state index contributed by atoms with van der Waals surface area (Å²) in [5.41, 5.74) is 4.60. The molecule has 0 aliphatic rings. The molecule has 0 radical (unpaired) electrons. The summed E-state index contributed by atoms with van der Waals surface area (Å²) in [7, 11) is 0. The zero-order chi connectivity index (χ0) is 18.1. The van der Waals surface area contributed by atoms with Gasteiger partial charge in [0.2, 0.25) is 0 Å². The molecule has 132 valence electrons. The fourth-order valence-electron chi connectivity index (χ4n) is 2.77. The van der Waals surface area contributed by atoms with E-state index in [4.69, 9.17) is 10.00 Å². The van der Waals surface area contributed by atoms with Gasteiger partial charge in [0.25, 0.3) is 0 Å². The van der Waals surface area contributed by atoms with Crippen LogP contribution in [-0.4, -0.2) is 6.61 Å². The lowest BCUT2D eigenvalue weighted by Gasteiger charge is -2.21. The van der Waals surface area contributed by atoms with Crippen molar-refractivity contribution in [1.82, 2.24) is 0 Å². The van der Waals surface area contributed by atoms with Crippen molar-refractivity contribution in [2.24, 2.45) is 0 Å². The molecule has 2 nitrogen and oxygen atoms in total. The number of hydrogen-bond acceptors (Lipinski definition) is 2. The van der Waals surface area contributed by atoms with Gasteiger partial charge >= 0.3 is 0 Å². The fourth-order valence-corrected chi connectivity index (χ4v) is 2.77. The number of nitrogens with zero attached hydrogens (tertiary/aromatic N) is 1. The summed E-state index contributed by atoms with van der Waals surface area (Å²) in [6.07, 6.45) is 6.40. The SMILES string of the molecule is CCCCCCOc1c(/C(C)=C/C#N)cc(C(C)C)cc1C(C)C. The standard InChI is InChI=1S/C22H33NO/c1-7-8-9-10-13-24-22-20(17(4)5)14-19(16(2)3)15-21(22)18(6)11-12-23/h11,14-17H,7-10,13H2,1-6H3/b18-11+. The van der Waals surface area contributed by atoms with Gasteiger partial charge in [-0.15, -0.1) is 0 Å². The highest BCUT2D eigenvalue weighted by molar-refractivity contribution is 5.73. The van der Waals surface area contributed by atoms with Crippen LogP contribution in [0.25, 0.3) is 5.57 Å². The predicted molar refractivity (Wildman–Crippen MR) is 104 cm³/mol. The molecule has 0 amide bonds. The molecule has 1 aromatic carbocycles. The summed E-state index contributed by atoms with van der Waals surface area (Å²) in [5, 5.41) is 9.05. The monoisotopic (exact) mass is 327 g/mol.